The van der Waals surface area contributed by atoms with E-state index in [1.165, 1.54) is 0 Å². The predicted molar refractivity (Wildman–Crippen MR) is 51.3 cm³/mol. The number of hydrogen-bond donors (Lipinski definition) is 1. The first-order valence-corrected chi connectivity index (χ1v) is 5.20. The molecule has 1 amide bonds. The molecule has 13 heavy (non-hydrogen) atoms. The molecule has 1 rings (SSSR count). The number of unbranched alkanes of at least 4 members (excludes halogenated alkanes) is 1. The highest BCUT2D eigenvalue weighted by Crippen LogP contribution is 2.11. The van der Waals surface area contributed by atoms with Gasteiger partial charge in [-0.2, -0.15) is 0 Å². The molecule has 1 saturated heterocycles. The maximum absolute atomic E-state index is 11.5. The number of rotatable bonds is 3. The molecule has 1 atom stereocenters. The van der Waals surface area contributed by atoms with Gasteiger partial charge in [-0.25, -0.2) is 0 Å². The van der Waals surface area contributed by atoms with Gasteiger partial charge in [0, 0.05) is 19.5 Å². The molecule has 0 radical (unpaired) electrons. The Morgan fingerprint density at radius 3 is 3.00 bits per heavy atom. The van der Waals surface area contributed by atoms with Crippen molar-refractivity contribution in [3.63, 3.8) is 0 Å². The fourth-order valence-electron chi connectivity index (χ4n) is 1.67. The zero-order chi connectivity index (χ0) is 9.68. The maximum Gasteiger partial charge on any atom is 0.222 e. The van der Waals surface area contributed by atoms with E-state index in [1.54, 1.807) is 4.90 Å². The summed E-state index contributed by atoms with van der Waals surface area (Å²) in [5.41, 5.74) is 0. The van der Waals surface area contributed by atoms with Gasteiger partial charge in [0.05, 0.1) is 6.10 Å². The van der Waals surface area contributed by atoms with E-state index in [9.17, 15) is 9.90 Å². The molecule has 1 aliphatic heterocycles. The maximum atomic E-state index is 11.5. The summed E-state index contributed by atoms with van der Waals surface area (Å²) in [6.45, 7) is 3.46. The van der Waals surface area contributed by atoms with Crippen LogP contribution < -0.4 is 0 Å². The molecule has 0 aromatic heterocycles. The standard InChI is InChI=1S/C10H19NO2/c1-2-3-6-10(13)11-7-4-5-9(12)8-11/h9,12H,2-8H2,1H3/t9-/m1/s1. The fraction of sp³-hybridized carbons (Fsp3) is 0.900. The second-order valence-electron chi connectivity index (χ2n) is 3.74. The number of likely N-dealkylation sites (tertiary alicyclic amines) is 1. The van der Waals surface area contributed by atoms with Gasteiger partial charge < -0.3 is 10.0 Å². The molecule has 76 valence electrons. The first-order valence-electron chi connectivity index (χ1n) is 5.20. The predicted octanol–water partition coefficient (Wildman–Crippen LogP) is 1.16. The monoisotopic (exact) mass is 185 g/mol. The van der Waals surface area contributed by atoms with Crippen LogP contribution in [-0.4, -0.2) is 35.1 Å². The van der Waals surface area contributed by atoms with E-state index >= 15 is 0 Å². The molecule has 0 aliphatic carbocycles. The Kier molecular flexibility index (Phi) is 4.22. The van der Waals surface area contributed by atoms with Crippen molar-refractivity contribution in [1.82, 2.24) is 4.90 Å². The summed E-state index contributed by atoms with van der Waals surface area (Å²) >= 11 is 0. The van der Waals surface area contributed by atoms with Crippen LogP contribution in [0.5, 0.6) is 0 Å². The van der Waals surface area contributed by atoms with Gasteiger partial charge in [0.1, 0.15) is 0 Å². The normalized spacial score (nSPS) is 23.2. The molecule has 1 heterocycles. The molecule has 0 aromatic rings. The molecule has 0 unspecified atom stereocenters. The number of amides is 1. The molecule has 1 fully saturated rings. The summed E-state index contributed by atoms with van der Waals surface area (Å²) in [7, 11) is 0. The number of aliphatic hydroxyl groups is 1. The van der Waals surface area contributed by atoms with Gasteiger partial charge in [-0.15, -0.1) is 0 Å². The van der Waals surface area contributed by atoms with Crippen molar-refractivity contribution >= 4 is 5.91 Å². The Bertz CT molecular complexity index is 170. The largest absolute Gasteiger partial charge is 0.391 e. The summed E-state index contributed by atoms with van der Waals surface area (Å²) in [6.07, 6.45) is 4.16. The van der Waals surface area contributed by atoms with Crippen LogP contribution in [0.1, 0.15) is 39.0 Å². The van der Waals surface area contributed by atoms with Crippen LogP contribution in [0.3, 0.4) is 0 Å². The van der Waals surface area contributed by atoms with Crippen LogP contribution in [0.2, 0.25) is 0 Å². The van der Waals surface area contributed by atoms with Crippen LogP contribution in [0.4, 0.5) is 0 Å². The van der Waals surface area contributed by atoms with Gasteiger partial charge in [0.15, 0.2) is 0 Å². The van der Waals surface area contributed by atoms with Crippen molar-refractivity contribution in [3.05, 3.63) is 0 Å². The van der Waals surface area contributed by atoms with E-state index in [-0.39, 0.29) is 12.0 Å². The minimum absolute atomic E-state index is 0.209. The number of carbonyl (C=O) groups is 1. The van der Waals surface area contributed by atoms with Gasteiger partial charge in [-0.1, -0.05) is 13.3 Å². The Hall–Kier alpha value is -0.570. The van der Waals surface area contributed by atoms with Crippen LogP contribution in [0.15, 0.2) is 0 Å². The first-order chi connectivity index (χ1) is 6.24. The van der Waals surface area contributed by atoms with Crippen LogP contribution in [-0.2, 0) is 4.79 Å². The number of carbonyl (C=O) groups excluding carboxylic acids is 1. The highest BCUT2D eigenvalue weighted by Gasteiger charge is 2.20. The topological polar surface area (TPSA) is 40.5 Å². The molecule has 3 nitrogen and oxygen atoms in total. The van der Waals surface area contributed by atoms with E-state index in [0.29, 0.717) is 13.0 Å². The van der Waals surface area contributed by atoms with Crippen LogP contribution in [0, 0.1) is 0 Å². The van der Waals surface area contributed by atoms with Gasteiger partial charge >= 0.3 is 0 Å². The van der Waals surface area contributed by atoms with E-state index in [0.717, 1.165) is 32.2 Å². The van der Waals surface area contributed by atoms with Crippen molar-refractivity contribution < 1.29 is 9.90 Å². The molecule has 0 aromatic carbocycles. The van der Waals surface area contributed by atoms with E-state index in [1.807, 2.05) is 0 Å². The molecular weight excluding hydrogens is 166 g/mol. The minimum atomic E-state index is -0.292. The lowest BCUT2D eigenvalue weighted by molar-refractivity contribution is -0.134. The molecule has 1 aliphatic rings. The average molecular weight is 185 g/mol. The summed E-state index contributed by atoms with van der Waals surface area (Å²) in [4.78, 5) is 13.3. The third-order valence-electron chi connectivity index (χ3n) is 2.49. The zero-order valence-electron chi connectivity index (χ0n) is 8.33. The Labute approximate surface area is 79.7 Å². The van der Waals surface area contributed by atoms with Crippen molar-refractivity contribution in [2.24, 2.45) is 0 Å². The van der Waals surface area contributed by atoms with Crippen molar-refractivity contribution in [2.75, 3.05) is 13.1 Å². The first kappa shape index (κ1) is 10.5. The molecule has 0 saturated carbocycles. The summed E-state index contributed by atoms with van der Waals surface area (Å²) in [5.74, 6) is 0.209. The molecular formula is C10H19NO2. The van der Waals surface area contributed by atoms with Gasteiger partial charge in [-0.3, -0.25) is 4.79 Å². The van der Waals surface area contributed by atoms with Gasteiger partial charge in [0.2, 0.25) is 5.91 Å². The second-order valence-corrected chi connectivity index (χ2v) is 3.74. The van der Waals surface area contributed by atoms with Crippen molar-refractivity contribution in [3.8, 4) is 0 Å². The number of β-amino-alcohol motifs (C(OH)–C–C–N with tert-alkyl or cyclic N) is 1. The molecule has 3 heteroatoms. The third kappa shape index (κ3) is 3.35. The lowest BCUT2D eigenvalue weighted by Gasteiger charge is -2.30. The van der Waals surface area contributed by atoms with E-state index in [2.05, 4.69) is 6.92 Å². The third-order valence-corrected chi connectivity index (χ3v) is 2.49. The SMILES string of the molecule is CCCCC(=O)N1CCC[C@@H](O)C1. The summed E-state index contributed by atoms with van der Waals surface area (Å²) in [6, 6.07) is 0. The molecule has 0 bridgehead atoms. The Morgan fingerprint density at radius 1 is 1.62 bits per heavy atom. The molecule has 1 N–H and O–H groups in total. The number of aliphatic hydroxyl groups excluding tert-OH is 1. The second kappa shape index (κ2) is 5.22. The Balaban J connectivity index is 2.28. The van der Waals surface area contributed by atoms with Crippen LogP contribution in [0.25, 0.3) is 0 Å². The number of piperidine rings is 1. The summed E-state index contributed by atoms with van der Waals surface area (Å²) < 4.78 is 0. The van der Waals surface area contributed by atoms with E-state index < -0.39 is 0 Å². The lowest BCUT2D eigenvalue weighted by Crippen LogP contribution is -2.42. The number of nitrogens with zero attached hydrogens (tertiary/aromatic N) is 1. The zero-order valence-corrected chi connectivity index (χ0v) is 8.33. The lowest BCUT2D eigenvalue weighted by atomic mass is 10.1. The van der Waals surface area contributed by atoms with Crippen LogP contribution >= 0.6 is 0 Å². The summed E-state index contributed by atoms with van der Waals surface area (Å²) in [5, 5.41) is 9.36. The average Bonchev–Trinajstić information content (AvgIpc) is 2.14. The number of hydrogen-bond acceptors (Lipinski definition) is 2. The molecule has 0 spiro atoms. The highest BCUT2D eigenvalue weighted by atomic mass is 16.3. The van der Waals surface area contributed by atoms with Crippen molar-refractivity contribution in [2.45, 2.75) is 45.1 Å². The van der Waals surface area contributed by atoms with Crippen molar-refractivity contribution in [1.29, 1.82) is 0 Å². The fourth-order valence-corrected chi connectivity index (χ4v) is 1.67. The van der Waals surface area contributed by atoms with Gasteiger partial charge in [-0.05, 0) is 19.3 Å². The smallest absolute Gasteiger partial charge is 0.222 e. The minimum Gasteiger partial charge on any atom is -0.391 e. The highest BCUT2D eigenvalue weighted by molar-refractivity contribution is 5.76. The van der Waals surface area contributed by atoms with Gasteiger partial charge in [0.25, 0.3) is 0 Å². The quantitative estimate of drug-likeness (QED) is 0.716. The Morgan fingerprint density at radius 2 is 2.38 bits per heavy atom. The van der Waals surface area contributed by atoms with E-state index in [4.69, 9.17) is 0 Å².